The number of nitrogens with zero attached hydrogens (tertiary/aromatic N) is 4. The molecule has 53 heavy (non-hydrogen) atoms. The summed E-state index contributed by atoms with van der Waals surface area (Å²) >= 11 is 0. The van der Waals surface area contributed by atoms with Crippen molar-refractivity contribution < 1.29 is 4.42 Å². The molecule has 0 radical (unpaired) electrons. The lowest BCUT2D eigenvalue weighted by Gasteiger charge is -2.13. The molecule has 248 valence electrons. The molecule has 0 atom stereocenters. The predicted molar refractivity (Wildman–Crippen MR) is 215 cm³/mol. The summed E-state index contributed by atoms with van der Waals surface area (Å²) in [6.07, 6.45) is 0. The van der Waals surface area contributed by atoms with Gasteiger partial charge in [-0.05, 0) is 92.3 Å². The molecule has 8 aromatic carbocycles. The Morgan fingerprint density at radius 1 is 0.321 bits per heavy atom. The Bertz CT molecular complexity index is 2900. The van der Waals surface area contributed by atoms with Gasteiger partial charge in [-0.15, -0.1) is 0 Å². The van der Waals surface area contributed by atoms with Crippen LogP contribution in [0, 0.1) is 0 Å². The van der Waals surface area contributed by atoms with E-state index in [4.69, 9.17) is 24.4 Å². The summed E-state index contributed by atoms with van der Waals surface area (Å²) in [5.41, 5.74) is 9.82. The first-order chi connectivity index (χ1) is 26.2. The highest BCUT2D eigenvalue weighted by molar-refractivity contribution is 6.00. The summed E-state index contributed by atoms with van der Waals surface area (Å²) in [6, 6.07) is 62.6. The number of para-hydroxylation sites is 2. The molecule has 0 unspecified atom stereocenters. The molecule has 0 aliphatic carbocycles. The van der Waals surface area contributed by atoms with E-state index in [9.17, 15) is 0 Å². The number of aromatic nitrogens is 4. The van der Waals surface area contributed by atoms with Crippen LogP contribution >= 0.6 is 0 Å². The van der Waals surface area contributed by atoms with Crippen LogP contribution in [0.1, 0.15) is 0 Å². The van der Waals surface area contributed by atoms with Crippen LogP contribution in [0.5, 0.6) is 0 Å². The minimum atomic E-state index is 0.575. The number of hydrogen-bond acceptors (Lipinski definition) is 5. The van der Waals surface area contributed by atoms with Gasteiger partial charge in [-0.25, -0.2) is 19.9 Å². The molecule has 0 fully saturated rings. The molecule has 2 heterocycles. The Kier molecular flexibility index (Phi) is 7.40. The number of fused-ring (bicyclic) bond motifs is 3. The summed E-state index contributed by atoms with van der Waals surface area (Å²) in [5.74, 6) is 2.38. The van der Waals surface area contributed by atoms with Crippen molar-refractivity contribution in [2.24, 2.45) is 0 Å². The van der Waals surface area contributed by atoms with E-state index in [-0.39, 0.29) is 0 Å². The predicted octanol–water partition coefficient (Wildman–Crippen LogP) is 12.3. The number of rotatable bonds is 6. The third-order valence-corrected chi connectivity index (χ3v) is 9.73. The first kappa shape index (κ1) is 30.6. The summed E-state index contributed by atoms with van der Waals surface area (Å²) in [4.78, 5) is 20.1. The minimum Gasteiger partial charge on any atom is -0.436 e. The van der Waals surface area contributed by atoms with Crippen LogP contribution in [0.3, 0.4) is 0 Å². The minimum absolute atomic E-state index is 0.575. The fraction of sp³-hybridized carbons (Fsp3) is 0. The second-order valence-corrected chi connectivity index (χ2v) is 13.1. The van der Waals surface area contributed by atoms with Gasteiger partial charge in [0.1, 0.15) is 5.52 Å². The second kappa shape index (κ2) is 12.8. The Hall–Kier alpha value is -7.24. The van der Waals surface area contributed by atoms with Crippen LogP contribution in [0.25, 0.3) is 101 Å². The van der Waals surface area contributed by atoms with E-state index >= 15 is 0 Å². The van der Waals surface area contributed by atoms with E-state index in [0.717, 1.165) is 60.6 Å². The van der Waals surface area contributed by atoms with Gasteiger partial charge in [0, 0.05) is 22.3 Å². The monoisotopic (exact) mass is 678 g/mol. The highest BCUT2D eigenvalue weighted by Crippen LogP contribution is 2.35. The normalized spacial score (nSPS) is 11.4. The first-order valence-corrected chi connectivity index (χ1v) is 17.6. The average molecular weight is 679 g/mol. The van der Waals surface area contributed by atoms with Crippen LogP contribution < -0.4 is 0 Å². The quantitative estimate of drug-likeness (QED) is 0.175. The highest BCUT2D eigenvalue weighted by atomic mass is 16.3. The Morgan fingerprint density at radius 2 is 0.868 bits per heavy atom. The molecule has 0 amide bonds. The maximum atomic E-state index is 6.05. The van der Waals surface area contributed by atoms with Gasteiger partial charge in [0.2, 0.25) is 5.89 Å². The Morgan fingerprint density at radius 3 is 1.62 bits per heavy atom. The van der Waals surface area contributed by atoms with Crippen molar-refractivity contribution in [1.29, 1.82) is 0 Å². The fourth-order valence-corrected chi connectivity index (χ4v) is 7.01. The van der Waals surface area contributed by atoms with Gasteiger partial charge in [-0.2, -0.15) is 0 Å². The fourth-order valence-electron chi connectivity index (χ4n) is 7.01. The zero-order valence-corrected chi connectivity index (χ0v) is 28.5. The third-order valence-electron chi connectivity index (χ3n) is 9.73. The van der Waals surface area contributed by atoms with Crippen LogP contribution in [0.4, 0.5) is 0 Å². The van der Waals surface area contributed by atoms with Crippen molar-refractivity contribution in [2.75, 3.05) is 0 Å². The number of benzene rings is 8. The van der Waals surface area contributed by atoms with E-state index in [2.05, 4.69) is 121 Å². The van der Waals surface area contributed by atoms with E-state index in [0.29, 0.717) is 23.4 Å². The summed E-state index contributed by atoms with van der Waals surface area (Å²) in [6.45, 7) is 0. The molecular weight excluding hydrogens is 649 g/mol. The third kappa shape index (κ3) is 5.80. The molecule has 10 aromatic rings. The van der Waals surface area contributed by atoms with E-state index in [1.165, 1.54) is 16.5 Å². The van der Waals surface area contributed by atoms with Crippen molar-refractivity contribution in [2.45, 2.75) is 0 Å². The van der Waals surface area contributed by atoms with Gasteiger partial charge in [-0.1, -0.05) is 133 Å². The summed E-state index contributed by atoms with van der Waals surface area (Å²) in [5, 5.41) is 4.57. The second-order valence-electron chi connectivity index (χ2n) is 13.1. The molecule has 0 saturated carbocycles. The van der Waals surface area contributed by atoms with Crippen LogP contribution in [0.2, 0.25) is 0 Å². The van der Waals surface area contributed by atoms with Gasteiger partial charge >= 0.3 is 0 Å². The topological polar surface area (TPSA) is 64.7 Å². The van der Waals surface area contributed by atoms with Crippen molar-refractivity contribution >= 4 is 32.6 Å². The smallest absolute Gasteiger partial charge is 0.227 e. The van der Waals surface area contributed by atoms with Gasteiger partial charge in [-0.3, -0.25) is 0 Å². The lowest BCUT2D eigenvalue weighted by atomic mass is 9.95. The lowest BCUT2D eigenvalue weighted by molar-refractivity contribution is 0.620. The standard InChI is InChI=1S/C48H30N4O/c1-3-11-31(12-4-1)35-23-24-37-28-39(26-25-36(37)27-35)46-50-45(33-19-21-34(22-20-33)48-49-43-17-9-10-18-44(43)53-48)51-47(52-46)40-29-38-15-7-8-16-41(38)42(30-40)32-13-5-2-6-14-32/h1-30H. The molecule has 0 aliphatic heterocycles. The average Bonchev–Trinajstić information content (AvgIpc) is 3.68. The molecule has 10 rings (SSSR count). The maximum absolute atomic E-state index is 6.05. The van der Waals surface area contributed by atoms with Crippen LogP contribution in [-0.4, -0.2) is 19.9 Å². The van der Waals surface area contributed by atoms with Gasteiger partial charge < -0.3 is 4.42 Å². The first-order valence-electron chi connectivity index (χ1n) is 17.6. The van der Waals surface area contributed by atoms with E-state index < -0.39 is 0 Å². The highest BCUT2D eigenvalue weighted by Gasteiger charge is 2.16. The van der Waals surface area contributed by atoms with Gasteiger partial charge in [0.05, 0.1) is 0 Å². The van der Waals surface area contributed by atoms with Gasteiger partial charge in [0.25, 0.3) is 0 Å². The Labute approximate surface area is 305 Å². The molecule has 0 bridgehead atoms. The molecule has 5 heteroatoms. The zero-order valence-electron chi connectivity index (χ0n) is 28.5. The van der Waals surface area contributed by atoms with Crippen LogP contribution in [0.15, 0.2) is 186 Å². The molecule has 2 aromatic heterocycles. The number of oxazole rings is 1. The zero-order chi connectivity index (χ0) is 35.1. The maximum Gasteiger partial charge on any atom is 0.227 e. The summed E-state index contributed by atoms with van der Waals surface area (Å²) in [7, 11) is 0. The molecule has 0 spiro atoms. The van der Waals surface area contributed by atoms with Crippen molar-refractivity contribution in [1.82, 2.24) is 19.9 Å². The van der Waals surface area contributed by atoms with Crippen LogP contribution in [-0.2, 0) is 0 Å². The molecule has 0 aliphatic rings. The van der Waals surface area contributed by atoms with Gasteiger partial charge in [0.15, 0.2) is 23.1 Å². The van der Waals surface area contributed by atoms with Crippen molar-refractivity contribution in [3.05, 3.63) is 182 Å². The lowest BCUT2D eigenvalue weighted by Crippen LogP contribution is -2.00. The largest absolute Gasteiger partial charge is 0.436 e. The van der Waals surface area contributed by atoms with Crippen molar-refractivity contribution in [3.63, 3.8) is 0 Å². The molecule has 0 N–H and O–H groups in total. The molecule has 5 nitrogen and oxygen atoms in total. The SMILES string of the molecule is c1ccc(-c2ccc3cc(-c4nc(-c5ccc(-c6nc7ccccc7o6)cc5)nc(-c5cc(-c6ccccc6)c6ccccc6c5)n4)ccc3c2)cc1. The van der Waals surface area contributed by atoms with Crippen molar-refractivity contribution in [3.8, 4) is 67.9 Å². The summed E-state index contributed by atoms with van der Waals surface area (Å²) < 4.78 is 6.05. The number of hydrogen-bond donors (Lipinski definition) is 0. The molecular formula is C48H30N4O. The Balaban J connectivity index is 1.11. The molecule has 0 saturated heterocycles. The van der Waals surface area contributed by atoms with E-state index in [1.54, 1.807) is 0 Å². The van der Waals surface area contributed by atoms with E-state index in [1.807, 2.05) is 60.7 Å².